The van der Waals surface area contributed by atoms with Crippen molar-refractivity contribution in [3.63, 3.8) is 0 Å². The Morgan fingerprint density at radius 1 is 1.10 bits per heavy atom. The van der Waals surface area contributed by atoms with E-state index in [2.05, 4.69) is 20.2 Å². The van der Waals surface area contributed by atoms with Gasteiger partial charge in [0, 0.05) is 39.0 Å². The summed E-state index contributed by atoms with van der Waals surface area (Å²) in [6.07, 6.45) is 1.77. The molecule has 0 aliphatic rings. The molecule has 1 aromatic rings. The molecule has 0 bridgehead atoms. The van der Waals surface area contributed by atoms with Crippen molar-refractivity contribution in [3.05, 3.63) is 12.3 Å². The normalized spacial score (nSPS) is 10.6. The topological polar surface area (TPSA) is 59.5 Å². The summed E-state index contributed by atoms with van der Waals surface area (Å²) in [6, 6.07) is 1.92. The van der Waals surface area contributed by atoms with Gasteiger partial charge in [-0.2, -0.15) is 4.98 Å². The second kappa shape index (κ2) is 10.4. The lowest BCUT2D eigenvalue weighted by molar-refractivity contribution is 0.141. The highest BCUT2D eigenvalue weighted by molar-refractivity contribution is 5.42. The van der Waals surface area contributed by atoms with Crippen LogP contribution in [-0.2, 0) is 9.47 Å². The van der Waals surface area contributed by atoms with Crippen LogP contribution in [0.4, 0.5) is 11.8 Å². The number of ether oxygens (including phenoxy) is 2. The highest BCUT2D eigenvalue weighted by Crippen LogP contribution is 2.11. The molecule has 20 heavy (non-hydrogen) atoms. The third kappa shape index (κ3) is 6.16. The number of aromatic nitrogens is 2. The summed E-state index contributed by atoms with van der Waals surface area (Å²) in [6.45, 7) is 11.2. The highest BCUT2D eigenvalue weighted by Gasteiger charge is 2.09. The molecule has 1 N–H and O–H groups in total. The van der Waals surface area contributed by atoms with Crippen LogP contribution < -0.4 is 10.2 Å². The van der Waals surface area contributed by atoms with E-state index in [9.17, 15) is 0 Å². The van der Waals surface area contributed by atoms with E-state index in [1.165, 1.54) is 0 Å². The number of hydrogen-bond acceptors (Lipinski definition) is 6. The SMILES string of the molecule is CCNc1nccc(N(CCOCC)CCOCC)n1. The van der Waals surface area contributed by atoms with Crippen LogP contribution >= 0.6 is 0 Å². The maximum atomic E-state index is 5.43. The third-order valence-corrected chi connectivity index (χ3v) is 2.72. The van der Waals surface area contributed by atoms with Crippen molar-refractivity contribution in [2.45, 2.75) is 20.8 Å². The molecular formula is C14H26N4O2. The molecule has 1 heterocycles. The van der Waals surface area contributed by atoms with Crippen LogP contribution in [0, 0.1) is 0 Å². The van der Waals surface area contributed by atoms with Crippen LogP contribution in [-0.4, -0.2) is 56.0 Å². The van der Waals surface area contributed by atoms with Gasteiger partial charge in [-0.3, -0.25) is 0 Å². The quantitative estimate of drug-likeness (QED) is 0.624. The van der Waals surface area contributed by atoms with Gasteiger partial charge in [-0.15, -0.1) is 0 Å². The molecule has 0 saturated carbocycles. The van der Waals surface area contributed by atoms with Gasteiger partial charge in [-0.25, -0.2) is 4.98 Å². The van der Waals surface area contributed by atoms with Crippen molar-refractivity contribution in [2.75, 3.05) is 56.3 Å². The number of nitrogens with zero attached hydrogens (tertiary/aromatic N) is 3. The van der Waals surface area contributed by atoms with Gasteiger partial charge < -0.3 is 19.7 Å². The first-order valence-corrected chi connectivity index (χ1v) is 7.29. The lowest BCUT2D eigenvalue weighted by Gasteiger charge is -2.23. The fourth-order valence-corrected chi connectivity index (χ4v) is 1.75. The Bertz CT molecular complexity index is 353. The summed E-state index contributed by atoms with van der Waals surface area (Å²) >= 11 is 0. The van der Waals surface area contributed by atoms with Gasteiger partial charge >= 0.3 is 0 Å². The molecule has 114 valence electrons. The molecule has 0 saturated heterocycles. The molecule has 0 aliphatic carbocycles. The minimum Gasteiger partial charge on any atom is -0.380 e. The van der Waals surface area contributed by atoms with E-state index in [1.807, 2.05) is 26.8 Å². The van der Waals surface area contributed by atoms with Crippen LogP contribution in [0.3, 0.4) is 0 Å². The van der Waals surface area contributed by atoms with Gasteiger partial charge in [0.2, 0.25) is 5.95 Å². The molecule has 0 atom stereocenters. The summed E-state index contributed by atoms with van der Waals surface area (Å²) in [5, 5.41) is 3.13. The summed E-state index contributed by atoms with van der Waals surface area (Å²) in [5.41, 5.74) is 0. The zero-order valence-electron chi connectivity index (χ0n) is 12.8. The van der Waals surface area contributed by atoms with Crippen molar-refractivity contribution in [2.24, 2.45) is 0 Å². The molecule has 0 aromatic carbocycles. The predicted molar refractivity (Wildman–Crippen MR) is 81.4 cm³/mol. The van der Waals surface area contributed by atoms with Gasteiger partial charge in [0.15, 0.2) is 0 Å². The number of anilines is 2. The summed E-state index contributed by atoms with van der Waals surface area (Å²) in [7, 11) is 0. The first-order chi connectivity index (χ1) is 9.81. The largest absolute Gasteiger partial charge is 0.380 e. The fourth-order valence-electron chi connectivity index (χ4n) is 1.75. The van der Waals surface area contributed by atoms with Crippen molar-refractivity contribution >= 4 is 11.8 Å². The van der Waals surface area contributed by atoms with Gasteiger partial charge in [0.25, 0.3) is 0 Å². The van der Waals surface area contributed by atoms with Crippen LogP contribution in [0.5, 0.6) is 0 Å². The summed E-state index contributed by atoms with van der Waals surface area (Å²) in [4.78, 5) is 10.9. The minimum absolute atomic E-state index is 0.655. The first kappa shape index (κ1) is 16.7. The Morgan fingerprint density at radius 3 is 2.30 bits per heavy atom. The first-order valence-electron chi connectivity index (χ1n) is 7.29. The van der Waals surface area contributed by atoms with Crippen molar-refractivity contribution in [1.82, 2.24) is 9.97 Å². The maximum absolute atomic E-state index is 5.43. The highest BCUT2D eigenvalue weighted by atomic mass is 16.5. The van der Waals surface area contributed by atoms with Crippen LogP contribution in [0.1, 0.15) is 20.8 Å². The second-order valence-corrected chi connectivity index (χ2v) is 4.15. The van der Waals surface area contributed by atoms with Crippen LogP contribution in [0.2, 0.25) is 0 Å². The van der Waals surface area contributed by atoms with Crippen LogP contribution in [0.15, 0.2) is 12.3 Å². The molecule has 0 radical (unpaired) electrons. The number of nitrogens with one attached hydrogen (secondary N) is 1. The Hall–Kier alpha value is -1.40. The molecule has 0 amide bonds. The van der Waals surface area contributed by atoms with Gasteiger partial charge in [-0.05, 0) is 26.8 Å². The van der Waals surface area contributed by atoms with Crippen LogP contribution in [0.25, 0.3) is 0 Å². The van der Waals surface area contributed by atoms with E-state index in [1.54, 1.807) is 6.20 Å². The Balaban J connectivity index is 2.65. The molecule has 0 unspecified atom stereocenters. The zero-order chi connectivity index (χ0) is 14.6. The zero-order valence-corrected chi connectivity index (χ0v) is 12.8. The number of rotatable bonds is 11. The molecule has 6 nitrogen and oxygen atoms in total. The van der Waals surface area contributed by atoms with E-state index < -0.39 is 0 Å². The standard InChI is InChI=1S/C14H26N4O2/c1-4-15-14-16-8-7-13(17-14)18(9-11-19-5-2)10-12-20-6-3/h7-8H,4-6,9-12H2,1-3H3,(H,15,16,17). The van der Waals surface area contributed by atoms with E-state index in [-0.39, 0.29) is 0 Å². The Morgan fingerprint density at radius 2 is 1.75 bits per heavy atom. The Kier molecular flexibility index (Phi) is 8.66. The molecular weight excluding hydrogens is 256 g/mol. The van der Waals surface area contributed by atoms with Gasteiger partial charge in [0.1, 0.15) is 5.82 Å². The van der Waals surface area contributed by atoms with E-state index in [4.69, 9.17) is 9.47 Å². The molecule has 0 fully saturated rings. The summed E-state index contributed by atoms with van der Waals surface area (Å²) < 4.78 is 10.9. The minimum atomic E-state index is 0.655. The molecule has 0 aliphatic heterocycles. The molecule has 0 spiro atoms. The third-order valence-electron chi connectivity index (χ3n) is 2.72. The lowest BCUT2D eigenvalue weighted by Crippen LogP contribution is -2.32. The number of hydrogen-bond donors (Lipinski definition) is 1. The van der Waals surface area contributed by atoms with Gasteiger partial charge in [0.05, 0.1) is 13.2 Å². The average Bonchev–Trinajstić information content (AvgIpc) is 2.47. The van der Waals surface area contributed by atoms with E-state index >= 15 is 0 Å². The predicted octanol–water partition coefficient (Wildman–Crippen LogP) is 1.79. The van der Waals surface area contributed by atoms with E-state index in [0.29, 0.717) is 19.2 Å². The van der Waals surface area contributed by atoms with Crippen molar-refractivity contribution in [1.29, 1.82) is 0 Å². The summed E-state index contributed by atoms with van der Waals surface area (Å²) in [5.74, 6) is 1.55. The molecule has 1 aromatic heterocycles. The Labute approximate surface area is 121 Å². The maximum Gasteiger partial charge on any atom is 0.224 e. The smallest absolute Gasteiger partial charge is 0.224 e. The lowest BCUT2D eigenvalue weighted by atomic mass is 10.4. The average molecular weight is 282 g/mol. The van der Waals surface area contributed by atoms with Crippen molar-refractivity contribution in [3.8, 4) is 0 Å². The second-order valence-electron chi connectivity index (χ2n) is 4.15. The van der Waals surface area contributed by atoms with Gasteiger partial charge in [-0.1, -0.05) is 0 Å². The van der Waals surface area contributed by atoms with E-state index in [0.717, 1.165) is 38.7 Å². The molecule has 6 heteroatoms. The molecule has 1 rings (SSSR count). The van der Waals surface area contributed by atoms with Crippen molar-refractivity contribution < 1.29 is 9.47 Å². The fraction of sp³-hybridized carbons (Fsp3) is 0.714. The monoisotopic (exact) mass is 282 g/mol.